The number of para-hydroxylation sites is 1. The topological polar surface area (TPSA) is 86.8 Å². The molecule has 7 nitrogen and oxygen atoms in total. The summed E-state index contributed by atoms with van der Waals surface area (Å²) < 4.78 is 26.9. The fourth-order valence-electron chi connectivity index (χ4n) is 4.33. The zero-order chi connectivity index (χ0) is 27.2. The van der Waals surface area contributed by atoms with Crippen LogP contribution < -0.4 is 9.62 Å². The van der Waals surface area contributed by atoms with Gasteiger partial charge in [-0.1, -0.05) is 72.3 Å². The molecule has 0 saturated carbocycles. The number of benzene rings is 3. The Morgan fingerprint density at radius 3 is 2.08 bits per heavy atom. The Balaban J connectivity index is 2.07. The molecular weight excluding hydrogens is 510 g/mol. The van der Waals surface area contributed by atoms with Crippen molar-refractivity contribution in [1.29, 1.82) is 0 Å². The number of aryl methyl sites for hydroxylation is 2. The molecule has 0 saturated heterocycles. The van der Waals surface area contributed by atoms with Gasteiger partial charge in [-0.3, -0.25) is 13.9 Å². The van der Waals surface area contributed by atoms with Gasteiger partial charge in [0.05, 0.1) is 11.9 Å². The number of likely N-dealkylation sites (N-methyl/N-ethyl adjacent to an activating group) is 1. The molecule has 0 radical (unpaired) electrons. The van der Waals surface area contributed by atoms with Crippen LogP contribution in [0.3, 0.4) is 0 Å². The molecule has 37 heavy (non-hydrogen) atoms. The molecular formula is C28H32ClN3O4S. The molecule has 0 aliphatic heterocycles. The molecule has 0 aliphatic rings. The fourth-order valence-corrected chi connectivity index (χ4v) is 5.50. The highest BCUT2D eigenvalue weighted by atomic mass is 35.5. The van der Waals surface area contributed by atoms with Gasteiger partial charge in [-0.15, -0.1) is 0 Å². The first-order chi connectivity index (χ1) is 17.5. The first kappa shape index (κ1) is 28.2. The molecule has 1 N–H and O–H groups in total. The number of carbonyl (C=O) groups excluding carboxylic acids is 2. The van der Waals surface area contributed by atoms with Gasteiger partial charge in [0.25, 0.3) is 0 Å². The smallest absolute Gasteiger partial charge is 0.244 e. The van der Waals surface area contributed by atoms with Crippen molar-refractivity contribution in [1.82, 2.24) is 10.2 Å². The molecule has 3 rings (SSSR count). The molecule has 2 amide bonds. The molecule has 0 heterocycles. The lowest BCUT2D eigenvalue weighted by molar-refractivity contribution is -0.139. The monoisotopic (exact) mass is 541 g/mol. The van der Waals surface area contributed by atoms with Crippen LogP contribution in [-0.4, -0.2) is 51.0 Å². The summed E-state index contributed by atoms with van der Waals surface area (Å²) >= 11 is 6.20. The van der Waals surface area contributed by atoms with Crippen molar-refractivity contribution in [2.75, 3.05) is 24.2 Å². The largest absolute Gasteiger partial charge is 0.357 e. The van der Waals surface area contributed by atoms with Gasteiger partial charge in [0.2, 0.25) is 21.8 Å². The Bertz CT molecular complexity index is 1340. The number of hydrogen-bond donors (Lipinski definition) is 1. The summed E-state index contributed by atoms with van der Waals surface area (Å²) in [5, 5.41) is 3.16. The number of anilines is 1. The lowest BCUT2D eigenvalue weighted by atomic mass is 10.0. The summed E-state index contributed by atoms with van der Waals surface area (Å²) in [4.78, 5) is 28.5. The number of rotatable bonds is 10. The summed E-state index contributed by atoms with van der Waals surface area (Å²) in [6.45, 7) is 3.23. The van der Waals surface area contributed by atoms with Gasteiger partial charge in [0.15, 0.2) is 0 Å². The molecule has 9 heteroatoms. The summed E-state index contributed by atoms with van der Waals surface area (Å²) in [7, 11) is -2.30. The molecule has 3 aromatic rings. The van der Waals surface area contributed by atoms with Crippen molar-refractivity contribution in [3.05, 3.63) is 100 Å². The molecule has 0 fully saturated rings. The average Bonchev–Trinajstić information content (AvgIpc) is 2.85. The first-order valence-electron chi connectivity index (χ1n) is 11.8. The van der Waals surface area contributed by atoms with Crippen molar-refractivity contribution < 1.29 is 18.0 Å². The number of sulfonamides is 1. The van der Waals surface area contributed by atoms with Crippen LogP contribution >= 0.6 is 11.6 Å². The molecule has 196 valence electrons. The van der Waals surface area contributed by atoms with E-state index < -0.39 is 28.5 Å². The van der Waals surface area contributed by atoms with Crippen LogP contribution in [0.25, 0.3) is 0 Å². The molecule has 0 aliphatic carbocycles. The highest BCUT2D eigenvalue weighted by Gasteiger charge is 2.33. The lowest BCUT2D eigenvalue weighted by Gasteiger charge is -2.34. The standard InChI is InChI=1S/C28H32ClN3O4S/c1-20-10-8-11-21(2)27(20)32(37(4,35)36)19-26(33)31(18-23-14-9-15-24(29)16-23)25(28(34)30-3)17-22-12-6-5-7-13-22/h5-16,25H,17-19H2,1-4H3,(H,30,34)/t25-/m1/s1. The third kappa shape index (κ3) is 7.33. The molecule has 1 atom stereocenters. The number of halogens is 1. The van der Waals surface area contributed by atoms with Gasteiger partial charge in [-0.05, 0) is 48.2 Å². The van der Waals surface area contributed by atoms with E-state index in [0.29, 0.717) is 10.7 Å². The Morgan fingerprint density at radius 1 is 0.919 bits per heavy atom. The third-order valence-corrected chi connectivity index (χ3v) is 7.47. The maximum absolute atomic E-state index is 13.9. The van der Waals surface area contributed by atoms with E-state index in [-0.39, 0.29) is 18.9 Å². The van der Waals surface area contributed by atoms with Gasteiger partial charge in [0, 0.05) is 25.0 Å². The molecule has 0 bridgehead atoms. The van der Waals surface area contributed by atoms with Crippen molar-refractivity contribution in [2.24, 2.45) is 0 Å². The predicted octanol–water partition coefficient (Wildman–Crippen LogP) is 4.11. The van der Waals surface area contributed by atoms with Crippen molar-refractivity contribution in [3.63, 3.8) is 0 Å². The number of nitrogens with zero attached hydrogens (tertiary/aromatic N) is 2. The Morgan fingerprint density at radius 2 is 1.51 bits per heavy atom. The number of amides is 2. The third-order valence-electron chi connectivity index (χ3n) is 6.13. The van der Waals surface area contributed by atoms with E-state index in [2.05, 4.69) is 5.32 Å². The van der Waals surface area contributed by atoms with E-state index in [0.717, 1.165) is 32.8 Å². The fraction of sp³-hybridized carbons (Fsp3) is 0.286. The summed E-state index contributed by atoms with van der Waals surface area (Å²) in [5.74, 6) is -0.852. The maximum Gasteiger partial charge on any atom is 0.244 e. The summed E-state index contributed by atoms with van der Waals surface area (Å²) in [6.07, 6.45) is 1.34. The normalized spacial score (nSPS) is 12.0. The van der Waals surface area contributed by atoms with Crippen LogP contribution in [-0.2, 0) is 32.6 Å². The minimum absolute atomic E-state index is 0.0780. The summed E-state index contributed by atoms with van der Waals surface area (Å²) in [5.41, 5.74) is 3.51. The Hall–Kier alpha value is -3.36. The average molecular weight is 542 g/mol. The molecule has 3 aromatic carbocycles. The minimum atomic E-state index is -3.82. The van der Waals surface area contributed by atoms with E-state index >= 15 is 0 Å². The van der Waals surface area contributed by atoms with Gasteiger partial charge in [-0.2, -0.15) is 0 Å². The van der Waals surface area contributed by atoms with Crippen molar-refractivity contribution in [2.45, 2.75) is 32.9 Å². The highest BCUT2D eigenvalue weighted by Crippen LogP contribution is 2.27. The van der Waals surface area contributed by atoms with Crippen LogP contribution in [0, 0.1) is 13.8 Å². The number of nitrogens with one attached hydrogen (secondary N) is 1. The van der Waals surface area contributed by atoms with E-state index in [1.165, 1.54) is 11.9 Å². The van der Waals surface area contributed by atoms with Gasteiger partial charge in [-0.25, -0.2) is 8.42 Å². The van der Waals surface area contributed by atoms with Crippen LogP contribution in [0.4, 0.5) is 5.69 Å². The van der Waals surface area contributed by atoms with Crippen LogP contribution in [0.2, 0.25) is 5.02 Å². The lowest BCUT2D eigenvalue weighted by Crippen LogP contribution is -2.53. The van der Waals surface area contributed by atoms with E-state index in [9.17, 15) is 18.0 Å². The highest BCUT2D eigenvalue weighted by molar-refractivity contribution is 7.92. The molecule has 0 spiro atoms. The first-order valence-corrected chi connectivity index (χ1v) is 14.1. The zero-order valence-electron chi connectivity index (χ0n) is 21.4. The van der Waals surface area contributed by atoms with E-state index in [4.69, 9.17) is 11.6 Å². The number of carbonyl (C=O) groups is 2. The zero-order valence-corrected chi connectivity index (χ0v) is 23.0. The SMILES string of the molecule is CNC(=O)[C@@H](Cc1ccccc1)N(Cc1cccc(Cl)c1)C(=O)CN(c1c(C)cccc1C)S(C)(=O)=O. The number of hydrogen-bond acceptors (Lipinski definition) is 4. The van der Waals surface area contributed by atoms with E-state index in [1.807, 2.05) is 42.5 Å². The summed E-state index contributed by atoms with van der Waals surface area (Å²) in [6, 6.07) is 21.0. The second kappa shape index (κ2) is 12.3. The van der Waals surface area contributed by atoms with Crippen LogP contribution in [0.15, 0.2) is 72.8 Å². The van der Waals surface area contributed by atoms with E-state index in [1.54, 1.807) is 44.2 Å². The molecule has 0 aromatic heterocycles. The quantitative estimate of drug-likeness (QED) is 0.418. The second-order valence-corrected chi connectivity index (χ2v) is 11.3. The van der Waals surface area contributed by atoms with Crippen molar-refractivity contribution in [3.8, 4) is 0 Å². The van der Waals surface area contributed by atoms with Crippen LogP contribution in [0.5, 0.6) is 0 Å². The Kier molecular flexibility index (Phi) is 9.34. The Labute approximate surface area is 224 Å². The van der Waals surface area contributed by atoms with Gasteiger partial charge < -0.3 is 10.2 Å². The maximum atomic E-state index is 13.9. The van der Waals surface area contributed by atoms with Crippen molar-refractivity contribution >= 4 is 39.1 Å². The van der Waals surface area contributed by atoms with Gasteiger partial charge >= 0.3 is 0 Å². The molecule has 0 unspecified atom stereocenters. The van der Waals surface area contributed by atoms with Crippen LogP contribution in [0.1, 0.15) is 22.3 Å². The van der Waals surface area contributed by atoms with Gasteiger partial charge in [0.1, 0.15) is 12.6 Å². The second-order valence-electron chi connectivity index (χ2n) is 8.98. The predicted molar refractivity (Wildman–Crippen MR) is 148 cm³/mol. The minimum Gasteiger partial charge on any atom is -0.357 e.